The molecule has 0 aromatic heterocycles. The van der Waals surface area contributed by atoms with Gasteiger partial charge in [-0.05, 0) is 29.2 Å². The molecule has 2 amide bonds. The maximum absolute atomic E-state index is 12.8. The predicted molar refractivity (Wildman–Crippen MR) is 105 cm³/mol. The van der Waals surface area contributed by atoms with Gasteiger partial charge in [0, 0.05) is 18.7 Å². The molecule has 5 heteroatoms. The van der Waals surface area contributed by atoms with Crippen LogP contribution in [0.25, 0.3) is 0 Å². The Labute approximate surface area is 159 Å². The molecule has 2 aromatic rings. The Balaban J connectivity index is 1.79. The minimum Gasteiger partial charge on any atom is -0.326 e. The zero-order chi connectivity index (χ0) is 19.6. The van der Waals surface area contributed by atoms with Crippen LogP contribution in [0.5, 0.6) is 0 Å². The van der Waals surface area contributed by atoms with Crippen molar-refractivity contribution in [2.24, 2.45) is 5.92 Å². The minimum absolute atomic E-state index is 0.104. The number of hydrogen-bond acceptors (Lipinski definition) is 3. The third-order valence-electron chi connectivity index (χ3n) is 4.80. The van der Waals surface area contributed by atoms with Gasteiger partial charge in [0.25, 0.3) is 0 Å². The van der Waals surface area contributed by atoms with Crippen molar-refractivity contribution in [2.75, 3.05) is 16.8 Å². The first-order chi connectivity index (χ1) is 12.8. The molecular formula is C22H23N3O2. The largest absolute Gasteiger partial charge is 0.326 e. The van der Waals surface area contributed by atoms with Crippen molar-refractivity contribution < 1.29 is 9.59 Å². The van der Waals surface area contributed by atoms with Gasteiger partial charge in [-0.2, -0.15) is 5.26 Å². The van der Waals surface area contributed by atoms with E-state index in [0.29, 0.717) is 11.3 Å². The molecule has 1 saturated heterocycles. The third-order valence-corrected chi connectivity index (χ3v) is 4.80. The standard InChI is InChI=1S/C22H23N3O2/c1-22(2,3)17-9-5-6-10-18(17)24-21(27)16-12-20(26)25(14-16)19-11-7-4-8-15(19)13-23/h4-11,16H,12,14H2,1-3H3,(H,24,27). The average Bonchev–Trinajstić information content (AvgIpc) is 3.03. The maximum Gasteiger partial charge on any atom is 0.229 e. The highest BCUT2D eigenvalue weighted by atomic mass is 16.2. The molecule has 1 atom stereocenters. The monoisotopic (exact) mass is 361 g/mol. The van der Waals surface area contributed by atoms with Gasteiger partial charge in [-0.25, -0.2) is 0 Å². The molecule has 0 bridgehead atoms. The lowest BCUT2D eigenvalue weighted by Gasteiger charge is -2.23. The zero-order valence-corrected chi connectivity index (χ0v) is 15.8. The van der Waals surface area contributed by atoms with E-state index in [4.69, 9.17) is 0 Å². The maximum atomic E-state index is 12.8. The van der Waals surface area contributed by atoms with Gasteiger partial charge < -0.3 is 10.2 Å². The van der Waals surface area contributed by atoms with Crippen molar-refractivity contribution in [3.05, 3.63) is 59.7 Å². The van der Waals surface area contributed by atoms with E-state index in [2.05, 4.69) is 32.2 Å². The molecule has 0 saturated carbocycles. The number of nitrogens with one attached hydrogen (secondary N) is 1. The molecule has 0 spiro atoms. The van der Waals surface area contributed by atoms with Crippen LogP contribution in [0.15, 0.2) is 48.5 Å². The topological polar surface area (TPSA) is 73.2 Å². The highest BCUT2D eigenvalue weighted by Crippen LogP contribution is 2.31. The SMILES string of the molecule is CC(C)(C)c1ccccc1NC(=O)C1CC(=O)N(c2ccccc2C#N)C1. The number of amides is 2. The number of rotatable bonds is 3. The fraction of sp³-hybridized carbons (Fsp3) is 0.318. The van der Waals surface area contributed by atoms with E-state index >= 15 is 0 Å². The number of carbonyl (C=O) groups is 2. The van der Waals surface area contributed by atoms with E-state index in [-0.39, 0.29) is 30.2 Å². The molecule has 1 aliphatic heterocycles. The van der Waals surface area contributed by atoms with Crippen molar-refractivity contribution in [3.63, 3.8) is 0 Å². The molecular weight excluding hydrogens is 338 g/mol. The second-order valence-electron chi connectivity index (χ2n) is 7.82. The van der Waals surface area contributed by atoms with Crippen LogP contribution in [0, 0.1) is 17.2 Å². The summed E-state index contributed by atoms with van der Waals surface area (Å²) in [4.78, 5) is 26.8. The summed E-state index contributed by atoms with van der Waals surface area (Å²) in [7, 11) is 0. The number of carbonyl (C=O) groups excluding carboxylic acids is 2. The smallest absolute Gasteiger partial charge is 0.229 e. The Morgan fingerprint density at radius 2 is 1.81 bits per heavy atom. The molecule has 1 unspecified atom stereocenters. The third kappa shape index (κ3) is 3.85. The number of para-hydroxylation sites is 2. The first-order valence-corrected chi connectivity index (χ1v) is 9.01. The van der Waals surface area contributed by atoms with Crippen molar-refractivity contribution in [3.8, 4) is 6.07 Å². The second-order valence-corrected chi connectivity index (χ2v) is 7.82. The van der Waals surface area contributed by atoms with E-state index in [1.807, 2.05) is 24.3 Å². The summed E-state index contributed by atoms with van der Waals surface area (Å²) in [5.74, 6) is -0.754. The van der Waals surface area contributed by atoms with Gasteiger partial charge in [0.05, 0.1) is 17.2 Å². The first kappa shape index (κ1) is 18.7. The predicted octanol–water partition coefficient (Wildman–Crippen LogP) is 3.85. The molecule has 0 radical (unpaired) electrons. The molecule has 3 rings (SSSR count). The molecule has 1 heterocycles. The van der Waals surface area contributed by atoms with Gasteiger partial charge >= 0.3 is 0 Å². The lowest BCUT2D eigenvalue weighted by molar-refractivity contribution is -0.122. The first-order valence-electron chi connectivity index (χ1n) is 9.01. The molecule has 138 valence electrons. The van der Waals surface area contributed by atoms with E-state index < -0.39 is 5.92 Å². The highest BCUT2D eigenvalue weighted by Gasteiger charge is 2.36. The Bertz CT molecular complexity index is 922. The van der Waals surface area contributed by atoms with Gasteiger partial charge in [0.2, 0.25) is 11.8 Å². The minimum atomic E-state index is -0.447. The molecule has 1 fully saturated rings. The second kappa shape index (κ2) is 7.24. The van der Waals surface area contributed by atoms with Crippen molar-refractivity contribution in [1.29, 1.82) is 5.26 Å². The summed E-state index contributed by atoms with van der Waals surface area (Å²) in [6, 6.07) is 16.8. The van der Waals surface area contributed by atoms with E-state index in [1.165, 1.54) is 0 Å². The van der Waals surface area contributed by atoms with Crippen LogP contribution < -0.4 is 10.2 Å². The van der Waals surface area contributed by atoms with Gasteiger partial charge in [-0.15, -0.1) is 0 Å². The van der Waals surface area contributed by atoms with Crippen LogP contribution in [0.3, 0.4) is 0 Å². The normalized spacial score (nSPS) is 16.9. The van der Waals surface area contributed by atoms with Crippen molar-refractivity contribution in [2.45, 2.75) is 32.6 Å². The van der Waals surface area contributed by atoms with Crippen LogP contribution in [0.4, 0.5) is 11.4 Å². The van der Waals surface area contributed by atoms with Crippen molar-refractivity contribution in [1.82, 2.24) is 0 Å². The van der Waals surface area contributed by atoms with Gasteiger partial charge in [0.15, 0.2) is 0 Å². The summed E-state index contributed by atoms with van der Waals surface area (Å²) < 4.78 is 0. The van der Waals surface area contributed by atoms with Crippen LogP contribution in [0.2, 0.25) is 0 Å². The summed E-state index contributed by atoms with van der Waals surface area (Å²) >= 11 is 0. The fourth-order valence-corrected chi connectivity index (χ4v) is 3.40. The number of nitriles is 1. The van der Waals surface area contributed by atoms with E-state index in [0.717, 1.165) is 11.3 Å². The molecule has 1 N–H and O–H groups in total. The zero-order valence-electron chi connectivity index (χ0n) is 15.8. The molecule has 2 aromatic carbocycles. The molecule has 5 nitrogen and oxygen atoms in total. The molecule has 0 aliphatic carbocycles. The molecule has 27 heavy (non-hydrogen) atoms. The van der Waals surface area contributed by atoms with Crippen LogP contribution in [-0.4, -0.2) is 18.4 Å². The van der Waals surface area contributed by atoms with Gasteiger partial charge in [-0.3, -0.25) is 9.59 Å². The van der Waals surface area contributed by atoms with Crippen LogP contribution >= 0.6 is 0 Å². The fourth-order valence-electron chi connectivity index (χ4n) is 3.40. The number of benzene rings is 2. The van der Waals surface area contributed by atoms with Gasteiger partial charge in [-0.1, -0.05) is 51.1 Å². The van der Waals surface area contributed by atoms with Gasteiger partial charge in [0.1, 0.15) is 6.07 Å². The lowest BCUT2D eigenvalue weighted by atomic mass is 9.85. The number of anilines is 2. The van der Waals surface area contributed by atoms with Crippen LogP contribution in [0.1, 0.15) is 38.3 Å². The summed E-state index contributed by atoms with van der Waals surface area (Å²) in [6.45, 7) is 6.56. The van der Waals surface area contributed by atoms with Crippen molar-refractivity contribution >= 4 is 23.2 Å². The van der Waals surface area contributed by atoms with E-state index in [9.17, 15) is 14.9 Å². The Morgan fingerprint density at radius 1 is 1.15 bits per heavy atom. The number of hydrogen-bond donors (Lipinski definition) is 1. The summed E-state index contributed by atoms with van der Waals surface area (Å²) in [5.41, 5.74) is 2.72. The quantitative estimate of drug-likeness (QED) is 0.902. The Kier molecular flexibility index (Phi) is 5.00. The van der Waals surface area contributed by atoms with E-state index in [1.54, 1.807) is 29.2 Å². The Hall–Kier alpha value is -3.13. The number of nitrogens with zero attached hydrogens (tertiary/aromatic N) is 2. The summed E-state index contributed by atoms with van der Waals surface area (Å²) in [6.07, 6.45) is 0.142. The highest BCUT2D eigenvalue weighted by molar-refractivity contribution is 6.04. The Morgan fingerprint density at radius 3 is 2.52 bits per heavy atom. The summed E-state index contributed by atoms with van der Waals surface area (Å²) in [5, 5.41) is 12.3. The average molecular weight is 361 g/mol. The molecule has 1 aliphatic rings. The lowest BCUT2D eigenvalue weighted by Crippen LogP contribution is -2.29. The van der Waals surface area contributed by atoms with Crippen LogP contribution in [-0.2, 0) is 15.0 Å².